The van der Waals surface area contributed by atoms with Gasteiger partial charge in [-0.05, 0) is 47.9 Å². The molecule has 4 aromatic rings. The lowest BCUT2D eigenvalue weighted by Crippen LogP contribution is -1.92. The molecule has 0 atom stereocenters. The quantitative estimate of drug-likeness (QED) is 0.404. The highest BCUT2D eigenvalue weighted by molar-refractivity contribution is 5.70. The molecule has 0 aliphatic carbocycles. The van der Waals surface area contributed by atoms with Gasteiger partial charge < -0.3 is 13.9 Å². The van der Waals surface area contributed by atoms with Gasteiger partial charge in [0.25, 0.3) is 0 Å². The van der Waals surface area contributed by atoms with Gasteiger partial charge in [0, 0.05) is 11.1 Å². The second-order valence-corrected chi connectivity index (χ2v) is 7.18. The first kappa shape index (κ1) is 19.8. The van der Waals surface area contributed by atoms with E-state index in [1.54, 1.807) is 0 Å². The van der Waals surface area contributed by atoms with Crippen LogP contribution in [-0.4, -0.2) is 17.0 Å². The first-order valence-corrected chi connectivity index (χ1v) is 10.3. The maximum absolute atomic E-state index is 6.06. The molecular formula is C25H26N2O3. The number of aromatic amines is 1. The highest BCUT2D eigenvalue weighted by atomic mass is 16.7. The van der Waals surface area contributed by atoms with Gasteiger partial charge in [0.2, 0.25) is 6.79 Å². The van der Waals surface area contributed by atoms with Crippen molar-refractivity contribution < 1.29 is 13.9 Å². The molecule has 0 saturated heterocycles. The van der Waals surface area contributed by atoms with Crippen LogP contribution in [0.2, 0.25) is 0 Å². The van der Waals surface area contributed by atoms with E-state index >= 15 is 0 Å². The van der Waals surface area contributed by atoms with Gasteiger partial charge in [-0.2, -0.15) is 5.10 Å². The van der Waals surface area contributed by atoms with Crippen LogP contribution in [0.5, 0.6) is 11.5 Å². The molecular weight excluding hydrogens is 376 g/mol. The summed E-state index contributed by atoms with van der Waals surface area (Å²) in [7, 11) is 0. The molecule has 0 saturated carbocycles. The van der Waals surface area contributed by atoms with E-state index < -0.39 is 0 Å². The third kappa shape index (κ3) is 3.83. The maximum atomic E-state index is 6.06. The molecule has 1 aliphatic rings. The minimum atomic E-state index is 0.262. The Morgan fingerprint density at radius 2 is 1.50 bits per heavy atom. The first-order chi connectivity index (χ1) is 14.7. The second kappa shape index (κ2) is 8.49. The van der Waals surface area contributed by atoms with Crippen molar-refractivity contribution in [2.24, 2.45) is 0 Å². The molecule has 5 heteroatoms. The van der Waals surface area contributed by atoms with Crippen LogP contribution in [0, 0.1) is 0 Å². The average Bonchev–Trinajstić information content (AvgIpc) is 3.54. The third-order valence-electron chi connectivity index (χ3n) is 4.98. The highest BCUT2D eigenvalue weighted by Gasteiger charge is 2.16. The van der Waals surface area contributed by atoms with Gasteiger partial charge in [-0.3, -0.25) is 5.10 Å². The summed E-state index contributed by atoms with van der Waals surface area (Å²) in [5.41, 5.74) is 5.00. The van der Waals surface area contributed by atoms with Crippen molar-refractivity contribution in [1.29, 1.82) is 0 Å². The van der Waals surface area contributed by atoms with Crippen molar-refractivity contribution in [3.8, 4) is 45.5 Å². The molecule has 154 valence electrons. The summed E-state index contributed by atoms with van der Waals surface area (Å²) in [5.74, 6) is 3.61. The van der Waals surface area contributed by atoms with Crippen molar-refractivity contribution in [2.75, 3.05) is 6.79 Å². The van der Waals surface area contributed by atoms with E-state index in [2.05, 4.69) is 48.3 Å². The van der Waals surface area contributed by atoms with Crippen LogP contribution in [0.4, 0.5) is 0 Å². The van der Waals surface area contributed by atoms with Gasteiger partial charge in [0.05, 0.1) is 5.69 Å². The predicted molar refractivity (Wildman–Crippen MR) is 119 cm³/mol. The monoisotopic (exact) mass is 402 g/mol. The van der Waals surface area contributed by atoms with Gasteiger partial charge in [-0.1, -0.05) is 52.0 Å². The molecule has 0 bridgehead atoms. The minimum absolute atomic E-state index is 0.262. The summed E-state index contributed by atoms with van der Waals surface area (Å²) in [6.07, 6.45) is 0. The van der Waals surface area contributed by atoms with Crippen molar-refractivity contribution in [2.45, 2.75) is 33.6 Å². The van der Waals surface area contributed by atoms with Crippen molar-refractivity contribution >= 4 is 0 Å². The van der Waals surface area contributed by atoms with Gasteiger partial charge >= 0.3 is 0 Å². The van der Waals surface area contributed by atoms with E-state index in [0.717, 1.165) is 45.5 Å². The lowest BCUT2D eigenvalue weighted by atomic mass is 10.0. The Hall–Kier alpha value is -3.47. The summed E-state index contributed by atoms with van der Waals surface area (Å²) < 4.78 is 16.9. The predicted octanol–water partition coefficient (Wildman–Crippen LogP) is 6.88. The zero-order valence-electron chi connectivity index (χ0n) is 17.7. The molecule has 3 heterocycles. The molecule has 0 spiro atoms. The van der Waals surface area contributed by atoms with E-state index in [1.807, 2.05) is 50.2 Å². The summed E-state index contributed by atoms with van der Waals surface area (Å²) in [6, 6.07) is 20.2. The van der Waals surface area contributed by atoms with Crippen LogP contribution in [0.1, 0.15) is 39.2 Å². The number of nitrogens with one attached hydrogen (secondary N) is 1. The number of fused-ring (bicyclic) bond motifs is 1. The van der Waals surface area contributed by atoms with Gasteiger partial charge in [-0.25, -0.2) is 0 Å². The van der Waals surface area contributed by atoms with E-state index in [9.17, 15) is 0 Å². The molecule has 0 fully saturated rings. The smallest absolute Gasteiger partial charge is 0.231 e. The fourth-order valence-corrected chi connectivity index (χ4v) is 3.32. The third-order valence-corrected chi connectivity index (χ3v) is 4.98. The van der Waals surface area contributed by atoms with Gasteiger partial charge in [0.15, 0.2) is 17.3 Å². The summed E-state index contributed by atoms with van der Waals surface area (Å²) >= 11 is 0. The normalized spacial score (nSPS) is 12.0. The highest BCUT2D eigenvalue weighted by Crippen LogP contribution is 2.36. The Kier molecular flexibility index (Phi) is 5.61. The molecule has 0 unspecified atom stereocenters. The first-order valence-electron chi connectivity index (χ1n) is 10.3. The number of nitrogens with zero attached hydrogens (tertiary/aromatic N) is 1. The number of benzene rings is 2. The Bertz CT molecular complexity index is 1120. The van der Waals surface area contributed by atoms with Crippen LogP contribution >= 0.6 is 0 Å². The fraction of sp³-hybridized carbons (Fsp3) is 0.240. The molecule has 5 nitrogen and oxygen atoms in total. The van der Waals surface area contributed by atoms with E-state index in [4.69, 9.17) is 13.9 Å². The summed E-state index contributed by atoms with van der Waals surface area (Å²) in [5, 5.41) is 7.48. The van der Waals surface area contributed by atoms with Crippen molar-refractivity contribution in [1.82, 2.24) is 10.2 Å². The Morgan fingerprint density at radius 3 is 2.27 bits per heavy atom. The summed E-state index contributed by atoms with van der Waals surface area (Å²) in [4.78, 5) is 0. The van der Waals surface area contributed by atoms with Crippen LogP contribution in [0.25, 0.3) is 34.0 Å². The zero-order valence-corrected chi connectivity index (χ0v) is 17.7. The van der Waals surface area contributed by atoms with Gasteiger partial charge in [-0.15, -0.1) is 0 Å². The number of hydrogen-bond donors (Lipinski definition) is 1. The van der Waals surface area contributed by atoms with E-state index in [-0.39, 0.29) is 6.79 Å². The van der Waals surface area contributed by atoms with Crippen LogP contribution in [0.3, 0.4) is 0 Å². The maximum Gasteiger partial charge on any atom is 0.231 e. The molecule has 5 rings (SSSR count). The molecule has 0 radical (unpaired) electrons. The lowest BCUT2D eigenvalue weighted by molar-refractivity contribution is 0.174. The fourth-order valence-electron chi connectivity index (χ4n) is 3.32. The SMILES string of the molecule is CC.CC(C)c1ccc(-c2ccc(-c3cc(-c4ccc5c(c4)OCO5)n[nH]3)o2)cc1. The Labute approximate surface area is 176 Å². The lowest BCUT2D eigenvalue weighted by Gasteiger charge is -2.05. The van der Waals surface area contributed by atoms with Gasteiger partial charge in [0.1, 0.15) is 11.5 Å². The molecule has 1 N–H and O–H groups in total. The Balaban J connectivity index is 0.00000106. The summed E-state index contributed by atoms with van der Waals surface area (Å²) in [6.45, 7) is 8.64. The second-order valence-electron chi connectivity index (χ2n) is 7.18. The molecule has 1 aliphatic heterocycles. The molecule has 0 amide bonds. The molecule has 30 heavy (non-hydrogen) atoms. The van der Waals surface area contributed by atoms with E-state index in [1.165, 1.54) is 5.56 Å². The van der Waals surface area contributed by atoms with Crippen LogP contribution < -0.4 is 9.47 Å². The Morgan fingerprint density at radius 1 is 0.800 bits per heavy atom. The number of aromatic nitrogens is 2. The topological polar surface area (TPSA) is 60.3 Å². The molecule has 2 aromatic heterocycles. The number of hydrogen-bond acceptors (Lipinski definition) is 4. The number of rotatable bonds is 4. The number of ether oxygens (including phenoxy) is 2. The zero-order chi connectivity index (χ0) is 21.1. The van der Waals surface area contributed by atoms with Crippen LogP contribution in [-0.2, 0) is 0 Å². The largest absolute Gasteiger partial charge is 0.454 e. The minimum Gasteiger partial charge on any atom is -0.454 e. The molecule has 2 aromatic carbocycles. The van der Waals surface area contributed by atoms with Crippen molar-refractivity contribution in [3.63, 3.8) is 0 Å². The van der Waals surface area contributed by atoms with Crippen molar-refractivity contribution in [3.05, 3.63) is 66.2 Å². The van der Waals surface area contributed by atoms with E-state index in [0.29, 0.717) is 5.92 Å². The standard InChI is InChI=1S/C23H20N2O3.C2H6/c1-14(2)15-3-5-16(6-4-15)20-9-10-21(28-20)19-12-18(24-25-19)17-7-8-22-23(11-17)27-13-26-22;1-2/h3-12,14H,13H2,1-2H3,(H,24,25);1-2H3. The average molecular weight is 402 g/mol. The van der Waals surface area contributed by atoms with Crippen LogP contribution in [0.15, 0.2) is 65.1 Å². The number of furan rings is 1. The number of H-pyrrole nitrogens is 1.